The van der Waals surface area contributed by atoms with Crippen LogP contribution in [0.4, 0.5) is 0 Å². The number of amides is 1. The second-order valence-electron chi connectivity index (χ2n) is 2.18. The molecule has 1 heterocycles. The van der Waals surface area contributed by atoms with Crippen molar-refractivity contribution in [3.63, 3.8) is 0 Å². The molecule has 0 saturated carbocycles. The number of hydrogen-bond donors (Lipinski definition) is 1. The zero-order valence-electron chi connectivity index (χ0n) is 5.52. The van der Waals surface area contributed by atoms with Gasteiger partial charge in [0.15, 0.2) is 0 Å². The Balaban J connectivity index is 2.32. The average Bonchev–Trinajstić information content (AvgIpc) is 1.88. The molecule has 1 amide bonds. The third kappa shape index (κ3) is 1.68. The zero-order valence-corrected chi connectivity index (χ0v) is 5.52. The van der Waals surface area contributed by atoms with Crippen LogP contribution in [-0.2, 0) is 9.53 Å². The van der Waals surface area contributed by atoms with E-state index in [9.17, 15) is 4.79 Å². The molecule has 0 bridgehead atoms. The maximum atomic E-state index is 10.6. The van der Waals surface area contributed by atoms with E-state index >= 15 is 0 Å². The maximum Gasteiger partial charge on any atom is 0.221 e. The van der Waals surface area contributed by atoms with Gasteiger partial charge >= 0.3 is 0 Å². The van der Waals surface area contributed by atoms with Gasteiger partial charge in [-0.15, -0.1) is 0 Å². The molecule has 3 heteroatoms. The number of methoxy groups -OCH3 is 1. The normalized spacial score (nSPS) is 27.7. The molecule has 1 fully saturated rings. The number of carbonyl (C=O) groups excluding carboxylic acids is 1. The van der Waals surface area contributed by atoms with E-state index in [0.29, 0.717) is 6.42 Å². The smallest absolute Gasteiger partial charge is 0.221 e. The second-order valence-corrected chi connectivity index (χ2v) is 2.18. The highest BCUT2D eigenvalue weighted by Gasteiger charge is 2.16. The summed E-state index contributed by atoms with van der Waals surface area (Å²) in [5, 5.41) is 2.70. The number of piperidine rings is 1. The first-order valence-electron chi connectivity index (χ1n) is 3.15. The molecule has 0 spiro atoms. The molecule has 1 aliphatic heterocycles. The van der Waals surface area contributed by atoms with E-state index < -0.39 is 0 Å². The fourth-order valence-electron chi connectivity index (χ4n) is 0.949. The van der Waals surface area contributed by atoms with Crippen molar-refractivity contribution in [2.45, 2.75) is 25.5 Å². The minimum Gasteiger partial charge on any atom is -0.362 e. The van der Waals surface area contributed by atoms with Crippen molar-refractivity contribution in [1.29, 1.82) is 0 Å². The zero-order chi connectivity index (χ0) is 6.69. The Kier molecular flexibility index (Phi) is 2.05. The summed E-state index contributed by atoms with van der Waals surface area (Å²) in [4.78, 5) is 10.6. The van der Waals surface area contributed by atoms with E-state index in [-0.39, 0.29) is 12.1 Å². The van der Waals surface area contributed by atoms with Gasteiger partial charge in [0.2, 0.25) is 5.91 Å². The monoisotopic (exact) mass is 129 g/mol. The lowest BCUT2D eigenvalue weighted by atomic mass is 10.1. The fourth-order valence-corrected chi connectivity index (χ4v) is 0.949. The number of rotatable bonds is 1. The standard InChI is InChI=1S/C6H11NO2/c1-9-6-4-2-3-5(8)7-6/h6H,2-4H2,1H3,(H,7,8)/t6-/m0/s1. The van der Waals surface area contributed by atoms with E-state index in [2.05, 4.69) is 5.32 Å². The molecule has 3 nitrogen and oxygen atoms in total. The van der Waals surface area contributed by atoms with Crippen molar-refractivity contribution >= 4 is 5.91 Å². The number of nitrogens with one attached hydrogen (secondary N) is 1. The topological polar surface area (TPSA) is 38.3 Å². The summed E-state index contributed by atoms with van der Waals surface area (Å²) in [7, 11) is 1.61. The van der Waals surface area contributed by atoms with Gasteiger partial charge in [0.05, 0.1) is 0 Å². The first kappa shape index (κ1) is 6.55. The molecule has 0 radical (unpaired) electrons. The van der Waals surface area contributed by atoms with Crippen LogP contribution in [-0.4, -0.2) is 19.2 Å². The second kappa shape index (κ2) is 2.82. The third-order valence-electron chi connectivity index (χ3n) is 1.48. The number of hydrogen-bond acceptors (Lipinski definition) is 2. The molecule has 0 aromatic carbocycles. The molecule has 1 atom stereocenters. The first-order valence-corrected chi connectivity index (χ1v) is 3.15. The minimum atomic E-state index is -0.0359. The molecule has 0 aliphatic carbocycles. The van der Waals surface area contributed by atoms with Crippen molar-refractivity contribution in [2.75, 3.05) is 7.11 Å². The van der Waals surface area contributed by atoms with Crippen LogP contribution in [0.25, 0.3) is 0 Å². The summed E-state index contributed by atoms with van der Waals surface area (Å²) < 4.78 is 4.93. The lowest BCUT2D eigenvalue weighted by Crippen LogP contribution is -2.39. The predicted octanol–water partition coefficient (Wildman–Crippen LogP) is 0.259. The van der Waals surface area contributed by atoms with Gasteiger partial charge in [-0.25, -0.2) is 0 Å². The van der Waals surface area contributed by atoms with Crippen LogP contribution in [0.3, 0.4) is 0 Å². The van der Waals surface area contributed by atoms with Crippen LogP contribution in [0, 0.1) is 0 Å². The van der Waals surface area contributed by atoms with Crippen LogP contribution >= 0.6 is 0 Å². The molecule has 9 heavy (non-hydrogen) atoms. The van der Waals surface area contributed by atoms with Gasteiger partial charge in [-0.05, 0) is 12.8 Å². The van der Waals surface area contributed by atoms with Gasteiger partial charge in [0, 0.05) is 13.5 Å². The molecular weight excluding hydrogens is 118 g/mol. The fraction of sp³-hybridized carbons (Fsp3) is 0.833. The SMILES string of the molecule is CO[C@H]1CCCC(=O)N1. The van der Waals surface area contributed by atoms with Crippen LogP contribution in [0.15, 0.2) is 0 Å². The molecular formula is C6H11NO2. The highest BCUT2D eigenvalue weighted by Crippen LogP contribution is 2.07. The van der Waals surface area contributed by atoms with Crippen LogP contribution in [0.5, 0.6) is 0 Å². The molecule has 1 aliphatic rings. The van der Waals surface area contributed by atoms with Gasteiger partial charge in [-0.3, -0.25) is 4.79 Å². The van der Waals surface area contributed by atoms with Crippen molar-refractivity contribution in [3.8, 4) is 0 Å². The Morgan fingerprint density at radius 3 is 3.00 bits per heavy atom. The molecule has 0 aromatic heterocycles. The van der Waals surface area contributed by atoms with Crippen molar-refractivity contribution < 1.29 is 9.53 Å². The van der Waals surface area contributed by atoms with E-state index in [1.54, 1.807) is 7.11 Å². The van der Waals surface area contributed by atoms with Crippen molar-refractivity contribution in [2.24, 2.45) is 0 Å². The first-order chi connectivity index (χ1) is 4.33. The molecule has 52 valence electrons. The largest absolute Gasteiger partial charge is 0.362 e. The van der Waals surface area contributed by atoms with E-state index in [4.69, 9.17) is 4.74 Å². The van der Waals surface area contributed by atoms with Crippen molar-refractivity contribution in [1.82, 2.24) is 5.32 Å². The van der Waals surface area contributed by atoms with Crippen LogP contribution in [0.1, 0.15) is 19.3 Å². The Labute approximate surface area is 54.4 Å². The Hall–Kier alpha value is -0.570. The molecule has 1 N–H and O–H groups in total. The number of carbonyl (C=O) groups is 1. The van der Waals surface area contributed by atoms with Crippen molar-refractivity contribution in [3.05, 3.63) is 0 Å². The highest BCUT2D eigenvalue weighted by molar-refractivity contribution is 5.76. The summed E-state index contributed by atoms with van der Waals surface area (Å²) >= 11 is 0. The Bertz CT molecular complexity index is 114. The van der Waals surface area contributed by atoms with Crippen LogP contribution < -0.4 is 5.32 Å². The summed E-state index contributed by atoms with van der Waals surface area (Å²) in [6.07, 6.45) is 2.51. The lowest BCUT2D eigenvalue weighted by Gasteiger charge is -2.20. The molecule has 0 unspecified atom stereocenters. The summed E-state index contributed by atoms with van der Waals surface area (Å²) in [5.74, 6) is 0.105. The molecule has 1 saturated heterocycles. The molecule has 0 aromatic rings. The number of ether oxygens (including phenoxy) is 1. The van der Waals surface area contributed by atoms with Gasteiger partial charge in [-0.2, -0.15) is 0 Å². The Morgan fingerprint density at radius 1 is 1.78 bits per heavy atom. The third-order valence-corrected chi connectivity index (χ3v) is 1.48. The summed E-state index contributed by atoms with van der Waals surface area (Å²) in [6.45, 7) is 0. The maximum absolute atomic E-state index is 10.6. The summed E-state index contributed by atoms with van der Waals surface area (Å²) in [6, 6.07) is 0. The quantitative estimate of drug-likeness (QED) is 0.551. The van der Waals surface area contributed by atoms with E-state index in [0.717, 1.165) is 12.8 Å². The Morgan fingerprint density at radius 2 is 2.56 bits per heavy atom. The van der Waals surface area contributed by atoms with Gasteiger partial charge in [-0.1, -0.05) is 0 Å². The van der Waals surface area contributed by atoms with E-state index in [1.807, 2.05) is 0 Å². The highest BCUT2D eigenvalue weighted by atomic mass is 16.5. The van der Waals surface area contributed by atoms with Crippen LogP contribution in [0.2, 0.25) is 0 Å². The summed E-state index contributed by atoms with van der Waals surface area (Å²) in [5.41, 5.74) is 0. The van der Waals surface area contributed by atoms with Gasteiger partial charge in [0.25, 0.3) is 0 Å². The minimum absolute atomic E-state index is 0.0359. The van der Waals surface area contributed by atoms with Gasteiger partial charge < -0.3 is 10.1 Å². The van der Waals surface area contributed by atoms with E-state index in [1.165, 1.54) is 0 Å². The lowest BCUT2D eigenvalue weighted by molar-refractivity contribution is -0.127. The molecule has 1 rings (SSSR count). The average molecular weight is 129 g/mol. The van der Waals surface area contributed by atoms with Gasteiger partial charge in [0.1, 0.15) is 6.23 Å². The predicted molar refractivity (Wildman–Crippen MR) is 32.8 cm³/mol.